The van der Waals surface area contributed by atoms with E-state index >= 15 is 0 Å². The minimum absolute atomic E-state index is 0.236. The molecule has 206 valence electrons. The third kappa shape index (κ3) is 13.8. The smallest absolute Gasteiger partial charge is 0.163 e. The molecule has 0 spiro atoms. The fourth-order valence-corrected chi connectivity index (χ4v) is 5.41. The fourth-order valence-electron chi connectivity index (χ4n) is 5.41. The fraction of sp³-hybridized carbons (Fsp3) is 0.765. The van der Waals surface area contributed by atoms with E-state index in [4.69, 9.17) is 0 Å². The molecular formula is C34H58O2. The van der Waals surface area contributed by atoms with Gasteiger partial charge in [0.15, 0.2) is 11.6 Å². The Morgan fingerprint density at radius 3 is 1.14 bits per heavy atom. The van der Waals surface area contributed by atoms with Crippen LogP contribution in [0.25, 0.3) is 0 Å². The average Bonchev–Trinajstić information content (AvgIpc) is 2.88. The van der Waals surface area contributed by atoms with Crippen molar-refractivity contribution in [1.29, 1.82) is 0 Å². The lowest BCUT2D eigenvalue weighted by Gasteiger charge is -2.18. The Bertz CT molecular complexity index is 644. The predicted octanol–water partition coefficient (Wildman–Crippen LogP) is 10.9. The zero-order chi connectivity index (χ0) is 26.6. The minimum Gasteiger partial charge on any atom is -0.294 e. The summed E-state index contributed by atoms with van der Waals surface area (Å²) in [4.78, 5) is 26.8. The Morgan fingerprint density at radius 1 is 0.528 bits per heavy atom. The Hall–Kier alpha value is -1.44. The number of rotatable bonds is 23. The number of carbonyl (C=O) groups is 2. The highest BCUT2D eigenvalue weighted by atomic mass is 16.1. The van der Waals surface area contributed by atoms with Gasteiger partial charge in [-0.05, 0) is 42.0 Å². The van der Waals surface area contributed by atoms with E-state index in [0.717, 1.165) is 48.8 Å². The first kappa shape index (κ1) is 32.6. The molecule has 0 bridgehead atoms. The van der Waals surface area contributed by atoms with Crippen molar-refractivity contribution in [2.45, 2.75) is 157 Å². The van der Waals surface area contributed by atoms with Crippen molar-refractivity contribution in [3.05, 3.63) is 34.9 Å². The Labute approximate surface area is 224 Å². The number of aryl methyl sites for hydroxylation is 1. The summed E-state index contributed by atoms with van der Waals surface area (Å²) < 4.78 is 0. The van der Waals surface area contributed by atoms with Gasteiger partial charge in [0.05, 0.1) is 0 Å². The Morgan fingerprint density at radius 2 is 0.861 bits per heavy atom. The van der Waals surface area contributed by atoms with Gasteiger partial charge in [-0.1, -0.05) is 137 Å². The molecule has 0 amide bonds. The molecule has 0 radical (unpaired) electrons. The molecule has 0 N–H and O–H groups in total. The molecule has 0 saturated carbocycles. The van der Waals surface area contributed by atoms with Crippen LogP contribution in [0.1, 0.15) is 176 Å². The number of hydrogen-bond acceptors (Lipinski definition) is 2. The topological polar surface area (TPSA) is 34.1 Å². The minimum atomic E-state index is 0.236. The Kier molecular flexibility index (Phi) is 18.6. The summed E-state index contributed by atoms with van der Waals surface area (Å²) in [7, 11) is 0. The molecular weight excluding hydrogens is 440 g/mol. The van der Waals surface area contributed by atoms with Crippen LogP contribution in [0.2, 0.25) is 0 Å². The summed E-state index contributed by atoms with van der Waals surface area (Å²) >= 11 is 0. The van der Waals surface area contributed by atoms with Crippen LogP contribution in [0, 0.1) is 11.8 Å². The number of Topliss-reactive ketones (excluding diaryl/α,β-unsaturated/α-hetero) is 2. The van der Waals surface area contributed by atoms with E-state index in [9.17, 15) is 9.59 Å². The number of ketones is 2. The molecule has 2 heteroatoms. The number of benzene rings is 1. The molecule has 0 aliphatic carbocycles. The molecule has 0 aliphatic rings. The highest BCUT2D eigenvalue weighted by molar-refractivity contribution is 6.01. The lowest BCUT2D eigenvalue weighted by molar-refractivity contribution is 0.0954. The molecule has 0 heterocycles. The third-order valence-electron chi connectivity index (χ3n) is 7.86. The van der Waals surface area contributed by atoms with Gasteiger partial charge in [0, 0.05) is 24.0 Å². The zero-order valence-electron chi connectivity index (χ0n) is 24.6. The maximum absolute atomic E-state index is 13.4. The van der Waals surface area contributed by atoms with Crippen molar-refractivity contribution >= 4 is 11.6 Å². The molecule has 0 fully saturated rings. The summed E-state index contributed by atoms with van der Waals surface area (Å²) in [6, 6.07) is 6.02. The van der Waals surface area contributed by atoms with Crippen LogP contribution in [-0.2, 0) is 6.42 Å². The number of carbonyl (C=O) groups excluding carboxylic acids is 2. The Balaban J connectivity index is 2.96. The van der Waals surface area contributed by atoms with Crippen LogP contribution in [0.3, 0.4) is 0 Å². The van der Waals surface area contributed by atoms with Gasteiger partial charge in [-0.2, -0.15) is 0 Å². The highest BCUT2D eigenvalue weighted by Crippen LogP contribution is 2.26. The van der Waals surface area contributed by atoms with Crippen molar-refractivity contribution in [2.75, 3.05) is 0 Å². The second kappa shape index (κ2) is 20.6. The maximum atomic E-state index is 13.4. The van der Waals surface area contributed by atoms with Crippen LogP contribution >= 0.6 is 0 Å². The van der Waals surface area contributed by atoms with Crippen molar-refractivity contribution in [1.82, 2.24) is 0 Å². The first-order valence-electron chi connectivity index (χ1n) is 15.7. The van der Waals surface area contributed by atoms with Crippen LogP contribution in [0.15, 0.2) is 18.2 Å². The quantitative estimate of drug-likeness (QED) is 0.111. The van der Waals surface area contributed by atoms with Crippen molar-refractivity contribution in [3.8, 4) is 0 Å². The average molecular weight is 499 g/mol. The summed E-state index contributed by atoms with van der Waals surface area (Å²) in [5, 5.41) is 0. The third-order valence-corrected chi connectivity index (χ3v) is 7.86. The molecule has 36 heavy (non-hydrogen) atoms. The van der Waals surface area contributed by atoms with E-state index in [1.165, 1.54) is 77.0 Å². The van der Waals surface area contributed by atoms with Crippen LogP contribution in [-0.4, -0.2) is 11.6 Å². The summed E-state index contributed by atoms with van der Waals surface area (Å²) in [5.74, 6) is 1.42. The highest BCUT2D eigenvalue weighted by Gasteiger charge is 2.20. The maximum Gasteiger partial charge on any atom is 0.163 e. The molecule has 1 rings (SSSR count). The van der Waals surface area contributed by atoms with Gasteiger partial charge < -0.3 is 0 Å². The van der Waals surface area contributed by atoms with Gasteiger partial charge >= 0.3 is 0 Å². The van der Waals surface area contributed by atoms with Gasteiger partial charge in [0.1, 0.15) is 0 Å². The van der Waals surface area contributed by atoms with E-state index in [-0.39, 0.29) is 11.6 Å². The molecule has 0 atom stereocenters. The van der Waals surface area contributed by atoms with E-state index in [0.29, 0.717) is 24.7 Å². The van der Waals surface area contributed by atoms with Gasteiger partial charge in [0.2, 0.25) is 0 Å². The van der Waals surface area contributed by atoms with Gasteiger partial charge in [-0.25, -0.2) is 0 Å². The lowest BCUT2D eigenvalue weighted by Crippen LogP contribution is -2.13. The largest absolute Gasteiger partial charge is 0.294 e. The van der Waals surface area contributed by atoms with E-state index in [2.05, 4.69) is 34.6 Å². The predicted molar refractivity (Wildman–Crippen MR) is 157 cm³/mol. The molecule has 0 saturated heterocycles. The number of hydrogen-bond donors (Lipinski definition) is 0. The molecule has 1 aromatic rings. The molecule has 2 nitrogen and oxygen atoms in total. The second-order valence-electron chi connectivity index (χ2n) is 11.2. The van der Waals surface area contributed by atoms with Crippen molar-refractivity contribution in [3.63, 3.8) is 0 Å². The summed E-state index contributed by atoms with van der Waals surface area (Å²) in [6.07, 6.45) is 21.5. The normalized spacial score (nSPS) is 11.5. The van der Waals surface area contributed by atoms with Gasteiger partial charge in [-0.15, -0.1) is 0 Å². The van der Waals surface area contributed by atoms with Crippen LogP contribution < -0.4 is 0 Å². The van der Waals surface area contributed by atoms with E-state index < -0.39 is 0 Å². The second-order valence-corrected chi connectivity index (χ2v) is 11.2. The van der Waals surface area contributed by atoms with Crippen LogP contribution in [0.4, 0.5) is 0 Å². The zero-order valence-corrected chi connectivity index (χ0v) is 24.6. The van der Waals surface area contributed by atoms with E-state index in [1.807, 2.05) is 18.2 Å². The number of unbranched alkanes of at least 4 members (excludes halogenated alkanes) is 8. The first-order chi connectivity index (χ1) is 17.5. The van der Waals surface area contributed by atoms with Crippen molar-refractivity contribution < 1.29 is 9.59 Å². The van der Waals surface area contributed by atoms with E-state index in [1.54, 1.807) is 0 Å². The SMILES string of the molecule is CCCCCC(CCCCC)CC(=O)c1cc(CC)cc(C(=O)CC(CCCCC)CCCCC)c1. The first-order valence-corrected chi connectivity index (χ1v) is 15.7. The molecule has 0 aliphatic heterocycles. The molecule has 0 unspecified atom stereocenters. The van der Waals surface area contributed by atoms with Crippen molar-refractivity contribution in [2.24, 2.45) is 11.8 Å². The van der Waals surface area contributed by atoms with Gasteiger partial charge in [-0.3, -0.25) is 9.59 Å². The van der Waals surface area contributed by atoms with Gasteiger partial charge in [0.25, 0.3) is 0 Å². The summed E-state index contributed by atoms with van der Waals surface area (Å²) in [5.41, 5.74) is 2.65. The molecule has 1 aromatic carbocycles. The monoisotopic (exact) mass is 498 g/mol. The standard InChI is InChI=1S/C34H58O2/c1-6-11-15-19-29(20-16-12-7-2)25-33(35)31-23-28(10-5)24-32(27-31)34(36)26-30(21-17-13-8-3)22-18-14-9-4/h23-24,27,29-30H,6-22,25-26H2,1-5H3. The lowest BCUT2D eigenvalue weighted by atomic mass is 9.86. The summed E-state index contributed by atoms with van der Waals surface area (Å²) in [6.45, 7) is 11.1. The van der Waals surface area contributed by atoms with Crippen LogP contribution in [0.5, 0.6) is 0 Å². The molecule has 0 aromatic heterocycles.